The Bertz CT molecular complexity index is 1320. The highest BCUT2D eigenvalue weighted by Crippen LogP contribution is 2.16. The second-order valence-corrected chi connectivity index (χ2v) is 18.6. The highest BCUT2D eigenvalue weighted by molar-refractivity contribution is 5.78. The largest absolute Gasteiger partial charge is 0.458 e. The summed E-state index contributed by atoms with van der Waals surface area (Å²) in [4.78, 5) is 26.2. The van der Waals surface area contributed by atoms with Crippen molar-refractivity contribution in [2.45, 2.75) is 270 Å². The van der Waals surface area contributed by atoms with Crippen molar-refractivity contribution in [3.05, 3.63) is 97.2 Å². The summed E-state index contributed by atoms with van der Waals surface area (Å²) in [6.45, 7) is 6.33. The van der Waals surface area contributed by atoms with Crippen LogP contribution in [-0.2, 0) is 14.3 Å². The van der Waals surface area contributed by atoms with Crippen molar-refractivity contribution >= 4 is 11.9 Å². The first-order valence-corrected chi connectivity index (χ1v) is 28.0. The normalized spacial score (nSPS) is 13.9. The molecule has 0 aliphatic rings. The summed E-state index contributed by atoms with van der Waals surface area (Å²) in [7, 11) is 0. The van der Waals surface area contributed by atoms with Crippen molar-refractivity contribution in [2.24, 2.45) is 0 Å². The second kappa shape index (κ2) is 53.7. The predicted molar refractivity (Wildman–Crippen MR) is 291 cm³/mol. The van der Waals surface area contributed by atoms with Crippen molar-refractivity contribution in [3.63, 3.8) is 0 Å². The number of unbranched alkanes of at least 4 members (excludes halogenated alkanes) is 24. The number of carbonyl (C=O) groups excluding carboxylic acids is 2. The summed E-state index contributed by atoms with van der Waals surface area (Å²) in [5.74, 6) is -0.650. The van der Waals surface area contributed by atoms with Crippen molar-refractivity contribution in [3.8, 4) is 0 Å². The smallest absolute Gasteiger partial charge is 0.306 e. The van der Waals surface area contributed by atoms with Gasteiger partial charge in [-0.15, -0.1) is 0 Å². The molecule has 0 bridgehead atoms. The van der Waals surface area contributed by atoms with Gasteiger partial charge in [-0.25, -0.2) is 0 Å². The zero-order valence-electron chi connectivity index (χ0n) is 43.8. The van der Waals surface area contributed by atoms with Gasteiger partial charge in [-0.3, -0.25) is 9.59 Å². The molecule has 0 heterocycles. The van der Waals surface area contributed by atoms with Gasteiger partial charge < -0.3 is 20.3 Å². The third-order valence-corrected chi connectivity index (χ3v) is 12.2. The molecule has 67 heavy (non-hydrogen) atoms. The molecule has 6 nitrogen and oxygen atoms in total. The summed E-state index contributed by atoms with van der Waals surface area (Å²) >= 11 is 0. The third kappa shape index (κ3) is 49.0. The molecule has 0 aromatic heterocycles. The summed E-state index contributed by atoms with van der Waals surface area (Å²) < 4.78 is 5.84. The van der Waals surface area contributed by atoms with E-state index >= 15 is 0 Å². The van der Waals surface area contributed by atoms with Crippen LogP contribution >= 0.6 is 0 Å². The molecule has 0 aliphatic heterocycles. The molecule has 0 radical (unpaired) electrons. The Morgan fingerprint density at radius 3 is 1.30 bits per heavy atom. The number of rotatable bonds is 49. The molecule has 0 saturated heterocycles. The van der Waals surface area contributed by atoms with E-state index in [4.69, 9.17) is 4.74 Å². The summed E-state index contributed by atoms with van der Waals surface area (Å²) in [5, 5.41) is 23.8. The standard InChI is InChI=1S/C61H105NO5/c1-4-7-10-13-16-19-22-25-27-29-31-33-36-39-42-45-48-51-54-61(66)67-57(52-49-46-43-40-37-35-32-30-28-26-23-20-17-14-11-8-5-2)55-60(65)62-58(56-63)59(64)53-50-47-44-41-38-34-24-21-18-15-12-9-6-3/h8,11,17,20,26-29,31-33,35,40,43,49,52,57-59,63-64H,4-7,9-10,12-16,18-19,21-25,30,34,36-39,41-42,44-48,50-51,53-56H2,1-3H3,(H,62,65)/b11-8-,20-17-,28-26-,29-27+,33-31+,35-32-,43-40-,52-49-. The Morgan fingerprint density at radius 2 is 0.866 bits per heavy atom. The molecule has 0 saturated carbocycles. The number of aliphatic hydroxyl groups excluding tert-OH is 2. The number of allylic oxidation sites excluding steroid dienone is 15. The molecule has 3 unspecified atom stereocenters. The quantitative estimate of drug-likeness (QED) is 0.0244. The van der Waals surface area contributed by atoms with Crippen molar-refractivity contribution < 1.29 is 24.5 Å². The zero-order valence-corrected chi connectivity index (χ0v) is 43.8. The number of hydrogen-bond acceptors (Lipinski definition) is 5. The first-order chi connectivity index (χ1) is 33.0. The maximum Gasteiger partial charge on any atom is 0.306 e. The molecule has 0 aromatic rings. The Kier molecular flexibility index (Phi) is 51.1. The lowest BCUT2D eigenvalue weighted by atomic mass is 10.0. The number of esters is 1. The van der Waals surface area contributed by atoms with Crippen LogP contribution in [0.4, 0.5) is 0 Å². The number of amides is 1. The molecule has 0 fully saturated rings. The van der Waals surface area contributed by atoms with Gasteiger partial charge in [0.2, 0.25) is 5.91 Å². The summed E-state index contributed by atoms with van der Waals surface area (Å²) in [5.41, 5.74) is 0. The minimum atomic E-state index is -0.828. The van der Waals surface area contributed by atoms with Crippen LogP contribution in [0.5, 0.6) is 0 Å². The van der Waals surface area contributed by atoms with Gasteiger partial charge in [-0.2, -0.15) is 0 Å². The van der Waals surface area contributed by atoms with Crippen molar-refractivity contribution in [1.82, 2.24) is 5.32 Å². The first kappa shape index (κ1) is 63.8. The average Bonchev–Trinajstić information content (AvgIpc) is 3.32. The fourth-order valence-corrected chi connectivity index (χ4v) is 7.95. The number of ether oxygens (including phenoxy) is 1. The second-order valence-electron chi connectivity index (χ2n) is 18.6. The molecule has 3 N–H and O–H groups in total. The van der Waals surface area contributed by atoms with Crippen LogP contribution in [0.25, 0.3) is 0 Å². The molecular formula is C61H105NO5. The van der Waals surface area contributed by atoms with Gasteiger partial charge in [-0.05, 0) is 83.1 Å². The average molecular weight is 933 g/mol. The van der Waals surface area contributed by atoms with Gasteiger partial charge in [-0.1, -0.05) is 253 Å². The van der Waals surface area contributed by atoms with Crippen LogP contribution in [0.3, 0.4) is 0 Å². The van der Waals surface area contributed by atoms with Gasteiger partial charge in [0.15, 0.2) is 0 Å². The minimum absolute atomic E-state index is 0.0578. The Hall–Kier alpha value is -3.22. The first-order valence-electron chi connectivity index (χ1n) is 28.0. The van der Waals surface area contributed by atoms with E-state index in [1.54, 1.807) is 6.08 Å². The van der Waals surface area contributed by atoms with Crippen LogP contribution in [0, 0.1) is 0 Å². The zero-order chi connectivity index (χ0) is 48.8. The van der Waals surface area contributed by atoms with E-state index in [1.165, 1.54) is 116 Å². The number of hydrogen-bond donors (Lipinski definition) is 3. The minimum Gasteiger partial charge on any atom is -0.458 e. The topological polar surface area (TPSA) is 95.9 Å². The lowest BCUT2D eigenvalue weighted by Crippen LogP contribution is -2.46. The molecule has 0 rings (SSSR count). The van der Waals surface area contributed by atoms with Gasteiger partial charge in [0, 0.05) is 6.42 Å². The van der Waals surface area contributed by atoms with E-state index in [1.807, 2.05) is 6.08 Å². The molecule has 0 aromatic carbocycles. The highest BCUT2D eigenvalue weighted by Gasteiger charge is 2.23. The van der Waals surface area contributed by atoms with E-state index in [-0.39, 0.29) is 24.9 Å². The van der Waals surface area contributed by atoms with Crippen LogP contribution in [0.15, 0.2) is 97.2 Å². The highest BCUT2D eigenvalue weighted by atomic mass is 16.5. The van der Waals surface area contributed by atoms with E-state index in [0.29, 0.717) is 19.3 Å². The number of nitrogens with one attached hydrogen (secondary N) is 1. The SMILES string of the molecule is CC/C=C\C/C=C\C/C=C\C/C=C\C/C=C\C/C=C\C(CC(=O)NC(CO)C(O)CCCCCCCCCCCCCCC)OC(=O)CCCCCCC/C=C/C=C/CCCCCCCCC. The Morgan fingerprint density at radius 1 is 0.478 bits per heavy atom. The molecule has 0 aliphatic carbocycles. The van der Waals surface area contributed by atoms with Gasteiger partial charge in [0.1, 0.15) is 6.10 Å². The Balaban J connectivity index is 4.78. The summed E-state index contributed by atoms with van der Waals surface area (Å²) in [6, 6.07) is -0.752. The maximum absolute atomic E-state index is 13.2. The monoisotopic (exact) mass is 932 g/mol. The van der Waals surface area contributed by atoms with E-state index in [0.717, 1.165) is 89.9 Å². The maximum atomic E-state index is 13.2. The predicted octanol–water partition coefficient (Wildman–Crippen LogP) is 17.3. The molecule has 3 atom stereocenters. The van der Waals surface area contributed by atoms with Crippen LogP contribution in [0.1, 0.15) is 252 Å². The summed E-state index contributed by atoms with van der Waals surface area (Å²) in [6.07, 6.45) is 72.1. The van der Waals surface area contributed by atoms with Crippen LogP contribution in [0.2, 0.25) is 0 Å². The fraction of sp³-hybridized carbons (Fsp3) is 0.705. The third-order valence-electron chi connectivity index (χ3n) is 12.2. The molecular weight excluding hydrogens is 827 g/mol. The van der Waals surface area contributed by atoms with Crippen molar-refractivity contribution in [1.29, 1.82) is 0 Å². The number of aliphatic hydroxyl groups is 2. The van der Waals surface area contributed by atoms with Crippen molar-refractivity contribution in [2.75, 3.05) is 6.61 Å². The molecule has 384 valence electrons. The van der Waals surface area contributed by atoms with Crippen LogP contribution < -0.4 is 5.32 Å². The van der Waals surface area contributed by atoms with E-state index < -0.39 is 18.2 Å². The fourth-order valence-electron chi connectivity index (χ4n) is 7.95. The molecule has 1 amide bonds. The molecule has 6 heteroatoms. The van der Waals surface area contributed by atoms with Gasteiger partial charge in [0.05, 0.1) is 25.2 Å². The van der Waals surface area contributed by atoms with Gasteiger partial charge in [0.25, 0.3) is 0 Å². The van der Waals surface area contributed by atoms with E-state index in [9.17, 15) is 19.8 Å². The lowest BCUT2D eigenvalue weighted by Gasteiger charge is -2.23. The number of carbonyl (C=O) groups is 2. The van der Waals surface area contributed by atoms with Gasteiger partial charge >= 0.3 is 5.97 Å². The van der Waals surface area contributed by atoms with E-state index in [2.05, 4.69) is 111 Å². The Labute approximate surface area is 414 Å². The van der Waals surface area contributed by atoms with Crippen LogP contribution in [-0.4, -0.2) is 46.9 Å². The molecule has 0 spiro atoms. The lowest BCUT2D eigenvalue weighted by molar-refractivity contribution is -0.148.